The van der Waals surface area contributed by atoms with E-state index in [9.17, 15) is 0 Å². The van der Waals surface area contributed by atoms with Gasteiger partial charge in [-0.15, -0.1) is 0 Å². The second kappa shape index (κ2) is 5.19. The average Bonchev–Trinajstić information content (AvgIpc) is 2.59. The van der Waals surface area contributed by atoms with Crippen LogP contribution < -0.4 is 5.73 Å². The van der Waals surface area contributed by atoms with E-state index in [1.165, 1.54) is 32.1 Å². The Morgan fingerprint density at radius 1 is 1.38 bits per heavy atom. The summed E-state index contributed by atoms with van der Waals surface area (Å²) < 4.78 is 2.16. The second-order valence-electron chi connectivity index (χ2n) is 4.64. The molecule has 90 valence electrons. The molecule has 2 N–H and O–H groups in total. The van der Waals surface area contributed by atoms with Crippen molar-refractivity contribution in [3.8, 4) is 0 Å². The van der Waals surface area contributed by atoms with E-state index in [1.807, 2.05) is 0 Å². The van der Waals surface area contributed by atoms with Crippen molar-refractivity contribution in [1.29, 1.82) is 0 Å². The summed E-state index contributed by atoms with van der Waals surface area (Å²) in [4.78, 5) is 4.53. The van der Waals surface area contributed by atoms with Gasteiger partial charge >= 0.3 is 0 Å². The second-order valence-corrected chi connectivity index (χ2v) is 5.00. The summed E-state index contributed by atoms with van der Waals surface area (Å²) in [5, 5.41) is 0.647. The van der Waals surface area contributed by atoms with E-state index in [0.717, 1.165) is 17.9 Å². The highest BCUT2D eigenvalue weighted by Gasteiger charge is 2.22. The molecule has 0 atom stereocenters. The van der Waals surface area contributed by atoms with Gasteiger partial charge in [0.15, 0.2) is 5.15 Å². The highest BCUT2D eigenvalue weighted by Crippen LogP contribution is 2.33. The van der Waals surface area contributed by atoms with E-state index in [2.05, 4.69) is 16.6 Å². The van der Waals surface area contributed by atoms with Crippen LogP contribution >= 0.6 is 11.6 Å². The lowest BCUT2D eigenvalue weighted by molar-refractivity contribution is 0.420. The third-order valence-corrected chi connectivity index (χ3v) is 3.85. The standard InChI is InChI=1S/C12H20ClN3/c1-16-10(7-8-14)11(13)15-12(16)9-5-3-2-4-6-9/h9H,2-8,14H2,1H3. The fourth-order valence-electron chi connectivity index (χ4n) is 2.65. The molecule has 2 rings (SSSR count). The summed E-state index contributed by atoms with van der Waals surface area (Å²) in [7, 11) is 2.06. The van der Waals surface area contributed by atoms with Gasteiger partial charge in [-0.2, -0.15) is 0 Å². The van der Waals surface area contributed by atoms with Crippen LogP contribution in [0.5, 0.6) is 0 Å². The number of nitrogens with zero attached hydrogens (tertiary/aromatic N) is 2. The van der Waals surface area contributed by atoms with E-state index in [4.69, 9.17) is 17.3 Å². The van der Waals surface area contributed by atoms with Gasteiger partial charge < -0.3 is 10.3 Å². The van der Waals surface area contributed by atoms with Gasteiger partial charge in [-0.25, -0.2) is 4.98 Å². The number of hydrogen-bond donors (Lipinski definition) is 1. The van der Waals surface area contributed by atoms with Gasteiger partial charge in [-0.05, 0) is 19.4 Å². The minimum Gasteiger partial charge on any atom is -0.333 e. The highest BCUT2D eigenvalue weighted by atomic mass is 35.5. The third kappa shape index (κ3) is 2.25. The van der Waals surface area contributed by atoms with Crippen LogP contribution in [0.15, 0.2) is 0 Å². The Kier molecular flexibility index (Phi) is 3.87. The van der Waals surface area contributed by atoms with Crippen LogP contribution in [0.2, 0.25) is 5.15 Å². The smallest absolute Gasteiger partial charge is 0.150 e. The highest BCUT2D eigenvalue weighted by molar-refractivity contribution is 6.30. The summed E-state index contributed by atoms with van der Waals surface area (Å²) in [6.07, 6.45) is 7.33. The fraction of sp³-hybridized carbons (Fsp3) is 0.750. The molecule has 1 saturated carbocycles. The van der Waals surface area contributed by atoms with Gasteiger partial charge in [-0.3, -0.25) is 0 Å². The van der Waals surface area contributed by atoms with Gasteiger partial charge in [-0.1, -0.05) is 30.9 Å². The van der Waals surface area contributed by atoms with Crippen LogP contribution in [0.4, 0.5) is 0 Å². The van der Waals surface area contributed by atoms with Crippen LogP contribution in [0.25, 0.3) is 0 Å². The Morgan fingerprint density at radius 3 is 2.69 bits per heavy atom. The number of nitrogens with two attached hydrogens (primary N) is 1. The molecule has 16 heavy (non-hydrogen) atoms. The topological polar surface area (TPSA) is 43.8 Å². The molecule has 0 aromatic carbocycles. The molecule has 1 heterocycles. The number of aromatic nitrogens is 2. The molecule has 0 spiro atoms. The molecule has 0 amide bonds. The van der Waals surface area contributed by atoms with Crippen molar-refractivity contribution in [2.45, 2.75) is 44.4 Å². The van der Waals surface area contributed by atoms with E-state index in [1.54, 1.807) is 0 Å². The lowest BCUT2D eigenvalue weighted by Gasteiger charge is -2.21. The monoisotopic (exact) mass is 241 g/mol. The first-order valence-corrected chi connectivity index (χ1v) is 6.53. The molecular formula is C12H20ClN3. The minimum absolute atomic E-state index is 0.600. The maximum Gasteiger partial charge on any atom is 0.150 e. The summed E-state index contributed by atoms with van der Waals surface area (Å²) in [6.45, 7) is 0.628. The Hall–Kier alpha value is -0.540. The summed E-state index contributed by atoms with van der Waals surface area (Å²) in [6, 6.07) is 0. The van der Waals surface area contributed by atoms with Gasteiger partial charge in [0.1, 0.15) is 5.82 Å². The van der Waals surface area contributed by atoms with Crippen molar-refractivity contribution >= 4 is 11.6 Å². The average molecular weight is 242 g/mol. The summed E-state index contributed by atoms with van der Waals surface area (Å²) in [5.74, 6) is 1.76. The number of halogens is 1. The first-order chi connectivity index (χ1) is 7.74. The van der Waals surface area contributed by atoms with E-state index < -0.39 is 0 Å². The minimum atomic E-state index is 0.600. The van der Waals surface area contributed by atoms with Crippen LogP contribution in [0, 0.1) is 0 Å². The molecule has 1 aromatic heterocycles. The molecule has 0 radical (unpaired) electrons. The third-order valence-electron chi connectivity index (χ3n) is 3.55. The Morgan fingerprint density at radius 2 is 2.06 bits per heavy atom. The molecular weight excluding hydrogens is 222 g/mol. The summed E-state index contributed by atoms with van der Waals surface area (Å²) in [5.41, 5.74) is 6.67. The van der Waals surface area contributed by atoms with E-state index >= 15 is 0 Å². The Labute approximate surface area is 102 Å². The van der Waals surface area contributed by atoms with Gasteiger partial charge in [0.2, 0.25) is 0 Å². The Balaban J connectivity index is 2.23. The number of imidazole rings is 1. The largest absolute Gasteiger partial charge is 0.333 e. The van der Waals surface area contributed by atoms with Crippen LogP contribution in [0.1, 0.15) is 49.5 Å². The lowest BCUT2D eigenvalue weighted by atomic mass is 9.89. The molecule has 0 unspecified atom stereocenters. The number of rotatable bonds is 3. The predicted molar refractivity (Wildman–Crippen MR) is 66.8 cm³/mol. The first-order valence-electron chi connectivity index (χ1n) is 6.15. The van der Waals surface area contributed by atoms with Crippen molar-refractivity contribution in [2.24, 2.45) is 12.8 Å². The molecule has 1 aliphatic carbocycles. The van der Waals surface area contributed by atoms with Crippen molar-refractivity contribution < 1.29 is 0 Å². The maximum atomic E-state index is 6.16. The van der Waals surface area contributed by atoms with Gasteiger partial charge in [0, 0.05) is 19.4 Å². The predicted octanol–water partition coefficient (Wildman–Crippen LogP) is 2.62. The first kappa shape index (κ1) is 11.9. The van der Waals surface area contributed by atoms with Crippen molar-refractivity contribution in [3.63, 3.8) is 0 Å². The normalized spacial score (nSPS) is 17.9. The van der Waals surface area contributed by atoms with Crippen molar-refractivity contribution in [1.82, 2.24) is 9.55 Å². The summed E-state index contributed by atoms with van der Waals surface area (Å²) >= 11 is 6.16. The molecule has 1 fully saturated rings. The van der Waals surface area contributed by atoms with Crippen LogP contribution in [-0.2, 0) is 13.5 Å². The fourth-order valence-corrected chi connectivity index (χ4v) is 2.96. The van der Waals surface area contributed by atoms with Crippen LogP contribution in [-0.4, -0.2) is 16.1 Å². The SMILES string of the molecule is Cn1c(C2CCCCC2)nc(Cl)c1CCN. The van der Waals surface area contributed by atoms with Gasteiger partial charge in [0.05, 0.1) is 5.69 Å². The molecule has 4 heteroatoms. The van der Waals surface area contributed by atoms with Crippen molar-refractivity contribution in [2.75, 3.05) is 6.54 Å². The van der Waals surface area contributed by atoms with Crippen molar-refractivity contribution in [3.05, 3.63) is 16.7 Å². The van der Waals surface area contributed by atoms with E-state index in [-0.39, 0.29) is 0 Å². The van der Waals surface area contributed by atoms with Crippen LogP contribution in [0.3, 0.4) is 0 Å². The Bertz CT molecular complexity index is 353. The molecule has 0 saturated heterocycles. The molecule has 0 bridgehead atoms. The zero-order valence-electron chi connectivity index (χ0n) is 9.88. The zero-order valence-corrected chi connectivity index (χ0v) is 10.6. The lowest BCUT2D eigenvalue weighted by Crippen LogP contribution is -2.13. The van der Waals surface area contributed by atoms with E-state index in [0.29, 0.717) is 17.6 Å². The molecule has 1 aromatic rings. The molecule has 3 nitrogen and oxygen atoms in total. The molecule has 0 aliphatic heterocycles. The number of hydrogen-bond acceptors (Lipinski definition) is 2. The quantitative estimate of drug-likeness (QED) is 0.884. The maximum absolute atomic E-state index is 6.16. The zero-order chi connectivity index (χ0) is 11.5. The molecule has 1 aliphatic rings. The van der Waals surface area contributed by atoms with Gasteiger partial charge in [0.25, 0.3) is 0 Å².